The molecule has 10 atom stereocenters. The molecule has 15 nitrogen and oxygen atoms in total. The molecule has 0 spiro atoms. The number of ether oxygens (including phenoxy) is 2. The summed E-state index contributed by atoms with van der Waals surface area (Å²) >= 11 is 0. The average Bonchev–Trinajstić information content (AvgIpc) is 2.75. The molecule has 1 aliphatic heterocycles. The number of carboxylic acid groups (broad SMARTS) is 1. The van der Waals surface area contributed by atoms with Crippen LogP contribution in [0.4, 0.5) is 0 Å². The molecule has 0 aromatic carbocycles. The number of carbonyl (C=O) groups is 2. The Kier molecular flexibility index (Phi) is 10.8. The summed E-state index contributed by atoms with van der Waals surface area (Å²) in [6.45, 7) is -1.87. The first-order valence-corrected chi connectivity index (χ1v) is 9.61. The van der Waals surface area contributed by atoms with Gasteiger partial charge in [0.25, 0.3) is 5.79 Å². The Morgan fingerprint density at radius 1 is 1.03 bits per heavy atom. The number of amides is 1. The van der Waals surface area contributed by atoms with Crippen molar-refractivity contribution >= 4 is 11.9 Å². The van der Waals surface area contributed by atoms with Crippen molar-refractivity contribution in [2.45, 2.75) is 74.0 Å². The molecule has 15 heteroatoms. The molecule has 0 unspecified atom stereocenters. The van der Waals surface area contributed by atoms with Crippen LogP contribution < -0.4 is 5.32 Å². The highest BCUT2D eigenvalue weighted by Crippen LogP contribution is 2.33. The largest absolute Gasteiger partial charge is 0.477 e. The summed E-state index contributed by atoms with van der Waals surface area (Å²) < 4.78 is 10.4. The molecule has 11 N–H and O–H groups in total. The number of carbonyl (C=O) groups excluding carboxylic acids is 1. The Morgan fingerprint density at radius 2 is 1.56 bits per heavy atom. The van der Waals surface area contributed by atoms with Crippen LogP contribution in [0, 0.1) is 0 Å². The second-order valence-corrected chi connectivity index (χ2v) is 7.49. The van der Waals surface area contributed by atoms with E-state index in [2.05, 4.69) is 5.32 Å². The molecule has 0 bridgehead atoms. The van der Waals surface area contributed by atoms with E-state index in [9.17, 15) is 50.4 Å². The van der Waals surface area contributed by atoms with E-state index in [-0.39, 0.29) is 0 Å². The molecule has 0 radical (unpaired) electrons. The fourth-order valence-electron chi connectivity index (χ4n) is 3.16. The Morgan fingerprint density at radius 3 is 2.03 bits per heavy atom. The fourth-order valence-corrected chi connectivity index (χ4v) is 3.16. The summed E-state index contributed by atoms with van der Waals surface area (Å²) in [5.74, 6) is -5.28. The zero-order valence-corrected chi connectivity index (χ0v) is 17.1. The fraction of sp³-hybridized carbons (Fsp3) is 0.882. The maximum Gasteiger partial charge on any atom is 0.364 e. The lowest BCUT2D eigenvalue weighted by Gasteiger charge is -2.46. The quantitative estimate of drug-likeness (QED) is 0.126. The maximum atomic E-state index is 11.9. The van der Waals surface area contributed by atoms with Gasteiger partial charge < -0.3 is 65.9 Å². The third-order valence-corrected chi connectivity index (χ3v) is 5.00. The monoisotopic (exact) mass is 473 g/mol. The van der Waals surface area contributed by atoms with Crippen molar-refractivity contribution in [2.75, 3.05) is 19.8 Å². The molecule has 0 saturated carbocycles. The van der Waals surface area contributed by atoms with Crippen LogP contribution in [0.5, 0.6) is 0 Å². The zero-order chi connectivity index (χ0) is 24.8. The molecule has 1 rings (SSSR count). The molecule has 1 saturated heterocycles. The highest BCUT2D eigenvalue weighted by atomic mass is 16.7. The minimum atomic E-state index is -2.75. The van der Waals surface area contributed by atoms with Gasteiger partial charge in [0, 0.05) is 13.3 Å². The van der Waals surface area contributed by atoms with Gasteiger partial charge in [-0.2, -0.15) is 0 Å². The van der Waals surface area contributed by atoms with Crippen molar-refractivity contribution in [2.24, 2.45) is 0 Å². The topological polar surface area (TPSA) is 267 Å². The normalized spacial score (nSPS) is 31.8. The van der Waals surface area contributed by atoms with E-state index in [0.29, 0.717) is 0 Å². The number of nitrogens with one attached hydrogen (secondary N) is 1. The van der Waals surface area contributed by atoms with E-state index in [1.54, 1.807) is 0 Å². The van der Waals surface area contributed by atoms with E-state index >= 15 is 0 Å². The van der Waals surface area contributed by atoms with Gasteiger partial charge in [-0.15, -0.1) is 0 Å². The SMILES string of the molecule is CC(=O)N[C@H]1[C@H]([C@H](O)[C@H](O)CO)O[C@@](OC[C@@H](O)[C@H](O)[C@H](O)[C@@H](O)CO)(C(=O)O)C[C@@H]1O. The van der Waals surface area contributed by atoms with Crippen molar-refractivity contribution in [3.63, 3.8) is 0 Å². The summed E-state index contributed by atoms with van der Waals surface area (Å²) in [6, 6.07) is -1.42. The van der Waals surface area contributed by atoms with Gasteiger partial charge in [0.1, 0.15) is 42.7 Å². The Labute approximate surface area is 182 Å². The van der Waals surface area contributed by atoms with Crippen LogP contribution in [0.15, 0.2) is 0 Å². The lowest BCUT2D eigenvalue weighted by molar-refractivity contribution is -0.317. The molecular formula is C17H31NO14. The highest BCUT2D eigenvalue weighted by molar-refractivity contribution is 5.76. The summed E-state index contributed by atoms with van der Waals surface area (Å²) in [4.78, 5) is 23.4. The first-order valence-electron chi connectivity index (χ1n) is 9.61. The summed E-state index contributed by atoms with van der Waals surface area (Å²) in [7, 11) is 0. The van der Waals surface area contributed by atoms with Gasteiger partial charge in [-0.25, -0.2) is 4.79 Å². The van der Waals surface area contributed by atoms with Crippen LogP contribution in [0.1, 0.15) is 13.3 Å². The number of aliphatic carboxylic acids is 1. The van der Waals surface area contributed by atoms with Crippen molar-refractivity contribution in [3.05, 3.63) is 0 Å². The van der Waals surface area contributed by atoms with Gasteiger partial charge in [0.2, 0.25) is 5.91 Å². The lowest BCUT2D eigenvalue weighted by atomic mass is 9.88. The minimum Gasteiger partial charge on any atom is -0.477 e. The highest BCUT2D eigenvalue weighted by Gasteiger charge is 2.56. The minimum absolute atomic E-state index is 0.688. The van der Waals surface area contributed by atoms with Crippen LogP contribution in [0.25, 0.3) is 0 Å². The summed E-state index contributed by atoms with van der Waals surface area (Å²) in [5.41, 5.74) is 0. The molecular weight excluding hydrogens is 442 g/mol. The van der Waals surface area contributed by atoms with E-state index in [1.807, 2.05) is 0 Å². The van der Waals surface area contributed by atoms with Crippen molar-refractivity contribution in [3.8, 4) is 0 Å². The second kappa shape index (κ2) is 12.1. The van der Waals surface area contributed by atoms with Crippen LogP contribution in [0.3, 0.4) is 0 Å². The zero-order valence-electron chi connectivity index (χ0n) is 17.1. The summed E-state index contributed by atoms with van der Waals surface area (Å²) in [6.07, 6.45) is -16.1. The number of rotatable bonds is 12. The van der Waals surface area contributed by atoms with E-state index < -0.39 is 98.8 Å². The maximum absolute atomic E-state index is 11.9. The van der Waals surface area contributed by atoms with Gasteiger partial charge in [0.05, 0.1) is 32.0 Å². The average molecular weight is 473 g/mol. The number of aliphatic hydroxyl groups excluding tert-OH is 9. The van der Waals surface area contributed by atoms with Gasteiger partial charge in [-0.3, -0.25) is 4.79 Å². The predicted molar refractivity (Wildman–Crippen MR) is 99.6 cm³/mol. The smallest absolute Gasteiger partial charge is 0.364 e. The molecule has 0 aromatic heterocycles. The van der Waals surface area contributed by atoms with Crippen LogP contribution in [-0.4, -0.2) is 143 Å². The van der Waals surface area contributed by atoms with E-state index in [0.717, 1.165) is 6.92 Å². The molecule has 0 aromatic rings. The lowest BCUT2D eigenvalue weighted by Crippen LogP contribution is -2.68. The second-order valence-electron chi connectivity index (χ2n) is 7.49. The van der Waals surface area contributed by atoms with Crippen LogP contribution >= 0.6 is 0 Å². The molecule has 1 amide bonds. The third kappa shape index (κ3) is 6.75. The first-order chi connectivity index (χ1) is 14.8. The van der Waals surface area contributed by atoms with Crippen molar-refractivity contribution < 1.29 is 70.1 Å². The molecule has 1 heterocycles. The Balaban J connectivity index is 3.12. The van der Waals surface area contributed by atoms with Gasteiger partial charge in [-0.05, 0) is 0 Å². The van der Waals surface area contributed by atoms with Gasteiger partial charge in [0.15, 0.2) is 0 Å². The van der Waals surface area contributed by atoms with Gasteiger partial charge >= 0.3 is 5.97 Å². The summed E-state index contributed by atoms with van der Waals surface area (Å²) in [5, 5.41) is 99.0. The van der Waals surface area contributed by atoms with E-state index in [4.69, 9.17) is 19.7 Å². The molecule has 0 aliphatic carbocycles. The number of hydrogen-bond donors (Lipinski definition) is 11. The number of aliphatic hydroxyl groups is 9. The molecule has 1 aliphatic rings. The first kappa shape index (κ1) is 28.5. The predicted octanol–water partition coefficient (Wildman–Crippen LogP) is -6.41. The number of hydrogen-bond acceptors (Lipinski definition) is 13. The van der Waals surface area contributed by atoms with Crippen LogP contribution in [0.2, 0.25) is 0 Å². The number of carboxylic acids is 1. The Hall–Kier alpha value is -1.50. The van der Waals surface area contributed by atoms with Crippen molar-refractivity contribution in [1.82, 2.24) is 5.32 Å². The van der Waals surface area contributed by atoms with Gasteiger partial charge in [-0.1, -0.05) is 0 Å². The molecule has 1 fully saturated rings. The molecule has 188 valence electrons. The standard InChI is InChI=1S/C17H31NO14/c1-6(21)18-11-7(22)2-17(16(29)30,32-15(11)14(28)9(24)4-20)31-5-10(25)13(27)12(26)8(23)3-19/h7-15,19-20,22-28H,2-5H2,1H3,(H,18,21)(H,29,30)/t7-,8-,9+,10+,11+,12+,13-,14+,15+,17+/m0/s1. The molecule has 32 heavy (non-hydrogen) atoms. The van der Waals surface area contributed by atoms with Crippen LogP contribution in [-0.2, 0) is 19.1 Å². The third-order valence-electron chi connectivity index (χ3n) is 5.00. The Bertz CT molecular complexity index is 622. The van der Waals surface area contributed by atoms with Crippen molar-refractivity contribution in [1.29, 1.82) is 0 Å². The van der Waals surface area contributed by atoms with E-state index in [1.165, 1.54) is 0 Å².